The molecule has 0 aliphatic rings. The van der Waals surface area contributed by atoms with E-state index in [1.54, 1.807) is 24.3 Å². The lowest BCUT2D eigenvalue weighted by molar-refractivity contribution is 0.0965. The molecule has 0 saturated heterocycles. The second-order valence-corrected chi connectivity index (χ2v) is 4.23. The summed E-state index contributed by atoms with van der Waals surface area (Å²) in [6.45, 7) is 0. The van der Waals surface area contributed by atoms with Gasteiger partial charge in [-0.25, -0.2) is 4.39 Å². The number of hydrogen-bond donors (Lipinski definition) is 0. The molecule has 2 nitrogen and oxygen atoms in total. The lowest BCUT2D eigenvalue weighted by Crippen LogP contribution is -2.04. The number of ketones is 1. The van der Waals surface area contributed by atoms with Crippen LogP contribution in [-0.2, 0) is 6.42 Å². The number of rotatable bonds is 3. The molecule has 0 unspecified atom stereocenters. The van der Waals surface area contributed by atoms with Gasteiger partial charge in [0.05, 0.1) is 6.26 Å². The average molecular weight is 283 g/mol. The van der Waals surface area contributed by atoms with E-state index in [4.69, 9.17) is 4.42 Å². The number of carbonyl (C=O) groups is 1. The first kappa shape index (κ1) is 11.1. The Morgan fingerprint density at radius 1 is 1.38 bits per heavy atom. The Balaban J connectivity index is 2.21. The predicted octanol–water partition coefficient (Wildman–Crippen LogP) is 3.61. The standard InChI is InChI=1S/C12H8BrFO2/c13-9-3-4-10(14)8(6-9)7-11(15)12-2-1-5-16-12/h1-6H,7H2. The highest BCUT2D eigenvalue weighted by atomic mass is 79.9. The van der Waals surface area contributed by atoms with Crippen molar-refractivity contribution in [2.45, 2.75) is 6.42 Å². The molecule has 0 amide bonds. The highest BCUT2D eigenvalue weighted by molar-refractivity contribution is 9.10. The smallest absolute Gasteiger partial charge is 0.202 e. The first-order valence-electron chi connectivity index (χ1n) is 4.67. The third kappa shape index (κ3) is 2.39. The molecule has 0 atom stereocenters. The first-order chi connectivity index (χ1) is 7.66. The summed E-state index contributed by atoms with van der Waals surface area (Å²) < 4.78 is 19.1. The van der Waals surface area contributed by atoms with Crippen molar-refractivity contribution in [3.8, 4) is 0 Å². The third-order valence-corrected chi connectivity index (χ3v) is 2.65. The van der Waals surface area contributed by atoms with Crippen molar-refractivity contribution in [1.29, 1.82) is 0 Å². The molecule has 0 spiro atoms. The van der Waals surface area contributed by atoms with E-state index < -0.39 is 0 Å². The average Bonchev–Trinajstić information content (AvgIpc) is 2.76. The molecule has 4 heteroatoms. The zero-order chi connectivity index (χ0) is 11.5. The highest BCUT2D eigenvalue weighted by Crippen LogP contribution is 2.17. The van der Waals surface area contributed by atoms with Gasteiger partial charge in [0.15, 0.2) is 5.76 Å². The summed E-state index contributed by atoms with van der Waals surface area (Å²) in [7, 11) is 0. The minimum Gasteiger partial charge on any atom is -0.461 e. The maximum absolute atomic E-state index is 13.4. The predicted molar refractivity (Wildman–Crippen MR) is 60.8 cm³/mol. The van der Waals surface area contributed by atoms with Crippen molar-refractivity contribution < 1.29 is 13.6 Å². The largest absolute Gasteiger partial charge is 0.461 e. The molecule has 1 aromatic heterocycles. The molecule has 0 radical (unpaired) electrons. The van der Waals surface area contributed by atoms with E-state index in [2.05, 4.69) is 15.9 Å². The Hall–Kier alpha value is -1.42. The summed E-state index contributed by atoms with van der Waals surface area (Å²) in [5.74, 6) is -0.371. The van der Waals surface area contributed by atoms with Gasteiger partial charge < -0.3 is 4.42 Å². The van der Waals surface area contributed by atoms with Crippen LogP contribution >= 0.6 is 15.9 Å². The van der Waals surface area contributed by atoms with Crippen molar-refractivity contribution in [3.05, 3.63) is 58.2 Å². The highest BCUT2D eigenvalue weighted by Gasteiger charge is 2.12. The van der Waals surface area contributed by atoms with Gasteiger partial charge in [-0.2, -0.15) is 0 Å². The molecule has 0 fully saturated rings. The molecule has 82 valence electrons. The molecular weight excluding hydrogens is 275 g/mol. The fraction of sp³-hybridized carbons (Fsp3) is 0.0833. The maximum Gasteiger partial charge on any atom is 0.202 e. The second kappa shape index (κ2) is 4.61. The molecule has 1 heterocycles. The van der Waals surface area contributed by atoms with Gasteiger partial charge in [-0.05, 0) is 35.9 Å². The van der Waals surface area contributed by atoms with Gasteiger partial charge in [0.1, 0.15) is 5.82 Å². The Labute approximate surface area is 100 Å². The van der Waals surface area contributed by atoms with E-state index in [1.807, 2.05) is 0 Å². The maximum atomic E-state index is 13.4. The molecule has 2 aromatic rings. The van der Waals surface area contributed by atoms with Crippen molar-refractivity contribution in [2.75, 3.05) is 0 Å². The first-order valence-corrected chi connectivity index (χ1v) is 5.47. The van der Waals surface area contributed by atoms with Crippen LogP contribution in [0.25, 0.3) is 0 Å². The summed E-state index contributed by atoms with van der Waals surface area (Å²) in [6, 6.07) is 7.71. The van der Waals surface area contributed by atoms with Crippen molar-refractivity contribution >= 4 is 21.7 Å². The summed E-state index contributed by atoms with van der Waals surface area (Å²) in [6.07, 6.45) is 1.42. The Bertz CT molecular complexity index is 506. The van der Waals surface area contributed by atoms with E-state index in [1.165, 1.54) is 12.3 Å². The Morgan fingerprint density at radius 3 is 2.88 bits per heavy atom. The summed E-state index contributed by atoms with van der Waals surface area (Å²) in [4.78, 5) is 11.7. The molecular formula is C12H8BrFO2. The number of halogens is 2. The number of hydrogen-bond acceptors (Lipinski definition) is 2. The molecule has 0 N–H and O–H groups in total. The lowest BCUT2D eigenvalue weighted by Gasteiger charge is -2.01. The van der Waals surface area contributed by atoms with Crippen molar-refractivity contribution in [2.24, 2.45) is 0 Å². The minimum atomic E-state index is -0.386. The number of benzene rings is 1. The fourth-order valence-electron chi connectivity index (χ4n) is 1.38. The van der Waals surface area contributed by atoms with Crippen LogP contribution in [0, 0.1) is 5.82 Å². The molecule has 0 saturated carbocycles. The number of carbonyl (C=O) groups excluding carboxylic acids is 1. The Kier molecular flexibility index (Phi) is 3.19. The van der Waals surface area contributed by atoms with Crippen LogP contribution in [0.15, 0.2) is 45.5 Å². The molecule has 1 aromatic carbocycles. The van der Waals surface area contributed by atoms with Crippen LogP contribution in [0.4, 0.5) is 4.39 Å². The van der Waals surface area contributed by atoms with Gasteiger partial charge in [0, 0.05) is 10.9 Å². The van der Waals surface area contributed by atoms with E-state index in [-0.39, 0.29) is 23.8 Å². The molecule has 0 bridgehead atoms. The monoisotopic (exact) mass is 282 g/mol. The zero-order valence-electron chi connectivity index (χ0n) is 8.24. The van der Waals surface area contributed by atoms with Gasteiger partial charge >= 0.3 is 0 Å². The van der Waals surface area contributed by atoms with E-state index in [0.717, 1.165) is 4.47 Å². The summed E-state index contributed by atoms with van der Waals surface area (Å²) >= 11 is 3.23. The molecule has 16 heavy (non-hydrogen) atoms. The van der Waals surface area contributed by atoms with Crippen LogP contribution in [0.3, 0.4) is 0 Å². The molecule has 0 aliphatic heterocycles. The summed E-state index contributed by atoms with van der Waals surface area (Å²) in [5, 5.41) is 0. The van der Waals surface area contributed by atoms with Crippen LogP contribution in [-0.4, -0.2) is 5.78 Å². The zero-order valence-corrected chi connectivity index (χ0v) is 9.83. The van der Waals surface area contributed by atoms with Gasteiger partial charge in [-0.1, -0.05) is 15.9 Å². The lowest BCUT2D eigenvalue weighted by atomic mass is 10.1. The van der Waals surface area contributed by atoms with Crippen LogP contribution in [0.2, 0.25) is 0 Å². The van der Waals surface area contributed by atoms with Crippen molar-refractivity contribution in [1.82, 2.24) is 0 Å². The van der Waals surface area contributed by atoms with Crippen LogP contribution < -0.4 is 0 Å². The van der Waals surface area contributed by atoms with E-state index in [9.17, 15) is 9.18 Å². The van der Waals surface area contributed by atoms with Gasteiger partial charge in [-0.15, -0.1) is 0 Å². The molecule has 0 aliphatic carbocycles. The van der Waals surface area contributed by atoms with Crippen molar-refractivity contribution in [3.63, 3.8) is 0 Å². The van der Waals surface area contributed by atoms with Gasteiger partial charge in [0.2, 0.25) is 5.78 Å². The van der Waals surface area contributed by atoms with E-state index in [0.29, 0.717) is 5.56 Å². The third-order valence-electron chi connectivity index (χ3n) is 2.15. The number of furan rings is 1. The van der Waals surface area contributed by atoms with Crippen LogP contribution in [0.5, 0.6) is 0 Å². The molecule has 2 rings (SSSR count). The minimum absolute atomic E-state index is 0.00120. The van der Waals surface area contributed by atoms with Gasteiger partial charge in [-0.3, -0.25) is 4.79 Å². The van der Waals surface area contributed by atoms with Gasteiger partial charge in [0.25, 0.3) is 0 Å². The second-order valence-electron chi connectivity index (χ2n) is 3.31. The Morgan fingerprint density at radius 2 is 2.19 bits per heavy atom. The topological polar surface area (TPSA) is 30.2 Å². The quantitative estimate of drug-likeness (QED) is 0.805. The normalized spacial score (nSPS) is 10.4. The number of Topliss-reactive ketones (excluding diaryl/α,β-unsaturated/α-hetero) is 1. The van der Waals surface area contributed by atoms with Crippen LogP contribution in [0.1, 0.15) is 16.1 Å². The fourth-order valence-corrected chi connectivity index (χ4v) is 1.78. The summed E-state index contributed by atoms with van der Waals surface area (Å²) in [5.41, 5.74) is 0.357. The van der Waals surface area contributed by atoms with E-state index >= 15 is 0 Å². The SMILES string of the molecule is O=C(Cc1cc(Br)ccc1F)c1ccco1.